The van der Waals surface area contributed by atoms with Gasteiger partial charge in [0.2, 0.25) is 0 Å². The van der Waals surface area contributed by atoms with Crippen LogP contribution in [-0.2, 0) is 4.79 Å². The Hall–Kier alpha value is -2.42. The summed E-state index contributed by atoms with van der Waals surface area (Å²) >= 11 is 0. The molecular formula is C18H23N5O. The Morgan fingerprint density at radius 3 is 2.92 bits per heavy atom. The standard InChI is InChI=1S/C18H23N5O/c1-23(18-16-8-10-20-17(16)21-12-22-18)14-6-4-13(5-7-14)11-15(24)3-2-9-19/h8,10,12-14H,2-7,11H2,1H3,(H,20,21,22). The molecule has 2 heterocycles. The number of carbonyl (C=O) groups is 1. The van der Waals surface area contributed by atoms with Gasteiger partial charge in [0, 0.05) is 38.5 Å². The molecule has 1 N–H and O–H groups in total. The van der Waals surface area contributed by atoms with Gasteiger partial charge in [0.1, 0.15) is 23.6 Å². The van der Waals surface area contributed by atoms with Crippen LogP contribution in [0.2, 0.25) is 0 Å². The molecule has 0 unspecified atom stereocenters. The number of carbonyl (C=O) groups excluding carboxylic acids is 1. The number of nitriles is 1. The van der Waals surface area contributed by atoms with Gasteiger partial charge in [0.05, 0.1) is 11.5 Å². The number of hydrogen-bond acceptors (Lipinski definition) is 5. The van der Waals surface area contributed by atoms with E-state index < -0.39 is 0 Å². The summed E-state index contributed by atoms with van der Waals surface area (Å²) in [5.74, 6) is 1.67. The van der Waals surface area contributed by atoms with Crippen molar-refractivity contribution in [1.29, 1.82) is 5.26 Å². The highest BCUT2D eigenvalue weighted by Gasteiger charge is 2.26. The van der Waals surface area contributed by atoms with E-state index in [0.29, 0.717) is 31.2 Å². The maximum absolute atomic E-state index is 11.8. The third kappa shape index (κ3) is 3.56. The van der Waals surface area contributed by atoms with Crippen LogP contribution >= 0.6 is 0 Å². The molecule has 0 aliphatic heterocycles. The highest BCUT2D eigenvalue weighted by molar-refractivity contribution is 5.87. The van der Waals surface area contributed by atoms with Crippen LogP contribution in [0.15, 0.2) is 18.6 Å². The Bertz CT molecular complexity index is 739. The van der Waals surface area contributed by atoms with Gasteiger partial charge in [-0.15, -0.1) is 0 Å². The number of hydrogen-bond donors (Lipinski definition) is 1. The summed E-state index contributed by atoms with van der Waals surface area (Å²) in [7, 11) is 2.10. The van der Waals surface area contributed by atoms with E-state index in [-0.39, 0.29) is 5.78 Å². The minimum atomic E-state index is 0.234. The van der Waals surface area contributed by atoms with Gasteiger partial charge in [-0.3, -0.25) is 4.79 Å². The van der Waals surface area contributed by atoms with Gasteiger partial charge in [-0.1, -0.05) is 0 Å². The van der Waals surface area contributed by atoms with Gasteiger partial charge in [-0.2, -0.15) is 5.26 Å². The largest absolute Gasteiger partial charge is 0.356 e. The number of H-pyrrole nitrogens is 1. The molecule has 1 aliphatic rings. The molecule has 0 aromatic carbocycles. The van der Waals surface area contributed by atoms with Gasteiger partial charge in [-0.25, -0.2) is 9.97 Å². The van der Waals surface area contributed by atoms with Crippen LogP contribution in [0.25, 0.3) is 11.0 Å². The summed E-state index contributed by atoms with van der Waals surface area (Å²) in [4.78, 5) is 25.9. The van der Waals surface area contributed by atoms with Crippen LogP contribution in [0.3, 0.4) is 0 Å². The Balaban J connectivity index is 1.57. The third-order valence-corrected chi connectivity index (χ3v) is 5.06. The van der Waals surface area contributed by atoms with Crippen molar-refractivity contribution >= 4 is 22.6 Å². The van der Waals surface area contributed by atoms with Crippen LogP contribution in [0.1, 0.15) is 44.9 Å². The van der Waals surface area contributed by atoms with Gasteiger partial charge in [0.15, 0.2) is 0 Å². The fourth-order valence-corrected chi connectivity index (χ4v) is 3.67. The number of anilines is 1. The SMILES string of the molecule is CN(c1ncnc2[nH]ccc12)C1CCC(CC(=O)CCC#N)CC1. The summed E-state index contributed by atoms with van der Waals surface area (Å²) in [5.41, 5.74) is 0.864. The molecule has 0 atom stereocenters. The van der Waals surface area contributed by atoms with Crippen molar-refractivity contribution in [3.63, 3.8) is 0 Å². The lowest BCUT2D eigenvalue weighted by Crippen LogP contribution is -2.36. The second kappa shape index (κ2) is 7.43. The fraction of sp³-hybridized carbons (Fsp3) is 0.556. The minimum absolute atomic E-state index is 0.234. The summed E-state index contributed by atoms with van der Waals surface area (Å²) < 4.78 is 0. The number of nitrogens with zero attached hydrogens (tertiary/aromatic N) is 4. The zero-order valence-electron chi connectivity index (χ0n) is 14.0. The van der Waals surface area contributed by atoms with Crippen molar-refractivity contribution in [3.05, 3.63) is 18.6 Å². The van der Waals surface area contributed by atoms with Crippen molar-refractivity contribution < 1.29 is 4.79 Å². The second-order valence-corrected chi connectivity index (χ2v) is 6.62. The summed E-state index contributed by atoms with van der Waals surface area (Å²) in [5, 5.41) is 9.61. The van der Waals surface area contributed by atoms with Crippen molar-refractivity contribution in [3.8, 4) is 6.07 Å². The van der Waals surface area contributed by atoms with Crippen LogP contribution < -0.4 is 4.90 Å². The topological polar surface area (TPSA) is 85.7 Å². The van der Waals surface area contributed by atoms with E-state index in [0.717, 1.165) is 42.5 Å². The molecule has 126 valence electrons. The lowest BCUT2D eigenvalue weighted by Gasteiger charge is -2.35. The quantitative estimate of drug-likeness (QED) is 0.881. The maximum atomic E-state index is 11.8. The highest BCUT2D eigenvalue weighted by Crippen LogP contribution is 2.33. The average Bonchev–Trinajstić information content (AvgIpc) is 3.08. The molecular weight excluding hydrogens is 302 g/mol. The Morgan fingerprint density at radius 2 is 2.17 bits per heavy atom. The van der Waals surface area contributed by atoms with Gasteiger partial charge >= 0.3 is 0 Å². The smallest absolute Gasteiger partial charge is 0.142 e. The molecule has 2 aromatic heterocycles. The van der Waals surface area contributed by atoms with E-state index >= 15 is 0 Å². The lowest BCUT2D eigenvalue weighted by atomic mass is 9.82. The summed E-state index contributed by atoms with van der Waals surface area (Å²) in [6.45, 7) is 0. The number of nitrogens with one attached hydrogen (secondary N) is 1. The van der Waals surface area contributed by atoms with E-state index in [1.54, 1.807) is 6.33 Å². The summed E-state index contributed by atoms with van der Waals surface area (Å²) in [6, 6.07) is 4.51. The van der Waals surface area contributed by atoms with Crippen LogP contribution in [0.5, 0.6) is 0 Å². The number of rotatable bonds is 6. The van der Waals surface area contributed by atoms with E-state index in [1.807, 2.05) is 18.3 Å². The zero-order chi connectivity index (χ0) is 16.9. The van der Waals surface area contributed by atoms with Crippen LogP contribution in [0, 0.1) is 17.2 Å². The molecule has 0 amide bonds. The Labute approximate surface area is 141 Å². The normalized spacial score (nSPS) is 20.7. The van der Waals surface area contributed by atoms with E-state index in [9.17, 15) is 4.79 Å². The van der Waals surface area contributed by atoms with E-state index in [1.165, 1.54) is 0 Å². The maximum Gasteiger partial charge on any atom is 0.142 e. The average molecular weight is 325 g/mol. The highest BCUT2D eigenvalue weighted by atomic mass is 16.1. The van der Waals surface area contributed by atoms with Gasteiger partial charge in [0.25, 0.3) is 0 Å². The first-order valence-electron chi connectivity index (χ1n) is 8.58. The second-order valence-electron chi connectivity index (χ2n) is 6.62. The molecule has 24 heavy (non-hydrogen) atoms. The number of ketones is 1. The number of aromatic amines is 1. The van der Waals surface area contributed by atoms with E-state index in [4.69, 9.17) is 5.26 Å². The molecule has 3 rings (SSSR count). The van der Waals surface area contributed by atoms with Crippen molar-refractivity contribution in [1.82, 2.24) is 15.0 Å². The molecule has 6 heteroatoms. The molecule has 0 bridgehead atoms. The predicted octanol–water partition coefficient (Wildman–Crippen LogP) is 3.22. The molecule has 2 aromatic rings. The first-order valence-corrected chi connectivity index (χ1v) is 8.58. The Kier molecular flexibility index (Phi) is 5.09. The van der Waals surface area contributed by atoms with Crippen molar-refractivity contribution in [2.75, 3.05) is 11.9 Å². The first kappa shape index (κ1) is 16.4. The summed E-state index contributed by atoms with van der Waals surface area (Å²) in [6.07, 6.45) is 9.15. The van der Waals surface area contributed by atoms with Gasteiger partial charge < -0.3 is 9.88 Å². The van der Waals surface area contributed by atoms with Gasteiger partial charge in [-0.05, 0) is 37.7 Å². The van der Waals surface area contributed by atoms with Crippen molar-refractivity contribution in [2.45, 2.75) is 51.0 Å². The number of aromatic nitrogens is 3. The minimum Gasteiger partial charge on any atom is -0.356 e. The number of fused-ring (bicyclic) bond motifs is 1. The third-order valence-electron chi connectivity index (χ3n) is 5.06. The molecule has 0 radical (unpaired) electrons. The van der Waals surface area contributed by atoms with E-state index in [2.05, 4.69) is 26.9 Å². The van der Waals surface area contributed by atoms with Crippen LogP contribution in [-0.4, -0.2) is 33.8 Å². The molecule has 1 aliphatic carbocycles. The molecule has 6 nitrogen and oxygen atoms in total. The van der Waals surface area contributed by atoms with Crippen LogP contribution in [0.4, 0.5) is 5.82 Å². The number of Topliss-reactive ketones (excluding diaryl/α,β-unsaturated/α-hetero) is 1. The monoisotopic (exact) mass is 325 g/mol. The fourth-order valence-electron chi connectivity index (χ4n) is 3.67. The molecule has 0 saturated heterocycles. The molecule has 1 fully saturated rings. The molecule has 0 spiro atoms. The first-order chi connectivity index (χ1) is 11.7. The van der Waals surface area contributed by atoms with Crippen molar-refractivity contribution in [2.24, 2.45) is 5.92 Å². The zero-order valence-corrected chi connectivity index (χ0v) is 14.0. The Morgan fingerprint density at radius 1 is 1.38 bits per heavy atom. The predicted molar refractivity (Wildman–Crippen MR) is 92.5 cm³/mol. The molecule has 1 saturated carbocycles. The lowest BCUT2D eigenvalue weighted by molar-refractivity contribution is -0.120.